The molecule has 18 heavy (non-hydrogen) atoms. The highest BCUT2D eigenvalue weighted by atomic mass is 15.1. The molecule has 6 N–H and O–H groups in total. The zero-order valence-corrected chi connectivity index (χ0v) is 9.94. The van der Waals surface area contributed by atoms with Gasteiger partial charge in [-0.2, -0.15) is 4.98 Å². The number of hydrogen-bond donors (Lipinski definition) is 4. The summed E-state index contributed by atoms with van der Waals surface area (Å²) in [6.45, 7) is 1.69. The van der Waals surface area contributed by atoms with Crippen LogP contribution in [0.2, 0.25) is 0 Å². The molecule has 0 aliphatic heterocycles. The van der Waals surface area contributed by atoms with Gasteiger partial charge in [-0.1, -0.05) is 0 Å². The van der Waals surface area contributed by atoms with E-state index in [0.717, 1.165) is 5.69 Å². The molecule has 0 amide bonds. The third-order valence-electron chi connectivity index (χ3n) is 2.40. The maximum atomic E-state index is 7.63. The Morgan fingerprint density at radius 3 is 2.72 bits per heavy atom. The monoisotopic (exact) mass is 242 g/mol. The number of nitrogens with zero attached hydrogens (tertiary/aromatic N) is 2. The number of aromatic nitrogens is 2. The van der Waals surface area contributed by atoms with Crippen molar-refractivity contribution in [3.05, 3.63) is 36.0 Å². The van der Waals surface area contributed by atoms with Crippen molar-refractivity contribution in [2.75, 3.05) is 16.8 Å². The summed E-state index contributed by atoms with van der Waals surface area (Å²) < 4.78 is 0. The number of hydrogen-bond acceptors (Lipinski definition) is 6. The van der Waals surface area contributed by atoms with Gasteiger partial charge in [-0.25, -0.2) is 4.98 Å². The second kappa shape index (κ2) is 4.70. The Labute approximate surface area is 105 Å². The molecule has 1 heterocycles. The lowest BCUT2D eigenvalue weighted by molar-refractivity contribution is 1.18. The number of benzene rings is 1. The number of rotatable bonds is 3. The van der Waals surface area contributed by atoms with E-state index >= 15 is 0 Å². The molecule has 0 saturated carbocycles. The van der Waals surface area contributed by atoms with E-state index in [9.17, 15) is 0 Å². The van der Waals surface area contributed by atoms with Gasteiger partial charge < -0.3 is 22.2 Å². The highest BCUT2D eigenvalue weighted by Crippen LogP contribution is 2.21. The van der Waals surface area contributed by atoms with E-state index in [-0.39, 0.29) is 5.95 Å². The van der Waals surface area contributed by atoms with Crippen molar-refractivity contribution in [3.8, 4) is 0 Å². The van der Waals surface area contributed by atoms with Crippen LogP contribution in [0.1, 0.15) is 12.5 Å². The van der Waals surface area contributed by atoms with Crippen molar-refractivity contribution >= 4 is 28.9 Å². The molecule has 0 bridgehead atoms. The fourth-order valence-electron chi connectivity index (χ4n) is 1.55. The number of nitrogen functional groups attached to an aromatic ring is 2. The van der Waals surface area contributed by atoms with Crippen LogP contribution >= 0.6 is 0 Å². The van der Waals surface area contributed by atoms with Crippen LogP contribution in [0.25, 0.3) is 0 Å². The van der Waals surface area contributed by atoms with Crippen molar-refractivity contribution in [2.24, 2.45) is 0 Å². The summed E-state index contributed by atoms with van der Waals surface area (Å²) in [5.41, 5.74) is 13.8. The van der Waals surface area contributed by atoms with E-state index in [0.29, 0.717) is 22.8 Å². The molecule has 0 unspecified atom stereocenters. The first kappa shape index (κ1) is 11.8. The Morgan fingerprint density at radius 2 is 2.06 bits per heavy atom. The molecule has 92 valence electrons. The molecule has 1 aromatic heterocycles. The fraction of sp³-hybridized carbons (Fsp3) is 0.0833. The van der Waals surface area contributed by atoms with Crippen molar-refractivity contribution in [1.29, 1.82) is 5.41 Å². The maximum absolute atomic E-state index is 7.63. The molecule has 0 aliphatic rings. The van der Waals surface area contributed by atoms with Crippen LogP contribution in [0, 0.1) is 5.41 Å². The molecule has 0 aliphatic carbocycles. The summed E-state index contributed by atoms with van der Waals surface area (Å²) in [6.07, 6.45) is 1.57. The number of nitrogens with two attached hydrogens (primary N) is 2. The molecule has 0 saturated heterocycles. The molecule has 0 radical (unpaired) electrons. The summed E-state index contributed by atoms with van der Waals surface area (Å²) in [4.78, 5) is 7.85. The number of anilines is 4. The molecule has 1 aromatic carbocycles. The van der Waals surface area contributed by atoms with Crippen LogP contribution in [0.5, 0.6) is 0 Å². The van der Waals surface area contributed by atoms with E-state index in [1.165, 1.54) is 0 Å². The van der Waals surface area contributed by atoms with Crippen molar-refractivity contribution in [3.63, 3.8) is 0 Å². The minimum Gasteiger partial charge on any atom is -0.398 e. The van der Waals surface area contributed by atoms with Crippen LogP contribution in [-0.4, -0.2) is 15.7 Å². The van der Waals surface area contributed by atoms with E-state index in [2.05, 4.69) is 15.3 Å². The molecule has 2 aromatic rings. The van der Waals surface area contributed by atoms with Crippen LogP contribution in [0.4, 0.5) is 23.1 Å². The smallest absolute Gasteiger partial charge is 0.221 e. The first-order chi connectivity index (χ1) is 8.56. The summed E-state index contributed by atoms with van der Waals surface area (Å²) in [5, 5.41) is 10.7. The lowest BCUT2D eigenvalue weighted by atomic mass is 10.1. The molecule has 2 rings (SSSR count). The molecule has 0 atom stereocenters. The predicted molar refractivity (Wildman–Crippen MR) is 73.1 cm³/mol. The van der Waals surface area contributed by atoms with Gasteiger partial charge >= 0.3 is 0 Å². The lowest BCUT2D eigenvalue weighted by Crippen LogP contribution is -2.02. The number of nitrogens with one attached hydrogen (secondary N) is 2. The highest BCUT2D eigenvalue weighted by molar-refractivity contribution is 6.01. The Bertz CT molecular complexity index is 593. The Hall–Kier alpha value is -2.63. The van der Waals surface area contributed by atoms with E-state index in [1.54, 1.807) is 31.3 Å². The Morgan fingerprint density at radius 1 is 1.28 bits per heavy atom. The fourth-order valence-corrected chi connectivity index (χ4v) is 1.55. The Kier molecular flexibility index (Phi) is 3.09. The molecule has 6 heteroatoms. The van der Waals surface area contributed by atoms with Gasteiger partial charge in [0.25, 0.3) is 0 Å². The average Bonchev–Trinajstić information content (AvgIpc) is 2.31. The van der Waals surface area contributed by atoms with Gasteiger partial charge in [-0.15, -0.1) is 0 Å². The van der Waals surface area contributed by atoms with Crippen LogP contribution in [-0.2, 0) is 0 Å². The molecule has 6 nitrogen and oxygen atoms in total. The van der Waals surface area contributed by atoms with Crippen LogP contribution in [0.15, 0.2) is 30.5 Å². The first-order valence-corrected chi connectivity index (χ1v) is 5.37. The normalized spacial score (nSPS) is 10.1. The van der Waals surface area contributed by atoms with Crippen LogP contribution in [0.3, 0.4) is 0 Å². The summed E-state index contributed by atoms with van der Waals surface area (Å²) >= 11 is 0. The standard InChI is InChI=1S/C12H14N6/c1-7(13)9-6-8(2-3-10(9)14)17-11-4-5-16-12(15)18-11/h2-6,13H,14H2,1H3,(H3,15,16,17,18). The quantitative estimate of drug-likeness (QED) is 0.484. The topological polar surface area (TPSA) is 114 Å². The van der Waals surface area contributed by atoms with Gasteiger partial charge in [0.1, 0.15) is 5.82 Å². The van der Waals surface area contributed by atoms with Gasteiger partial charge in [-0.3, -0.25) is 0 Å². The maximum Gasteiger partial charge on any atom is 0.221 e. The van der Waals surface area contributed by atoms with Gasteiger partial charge in [0.05, 0.1) is 0 Å². The van der Waals surface area contributed by atoms with E-state index in [4.69, 9.17) is 16.9 Å². The lowest BCUT2D eigenvalue weighted by Gasteiger charge is -2.09. The van der Waals surface area contributed by atoms with Gasteiger partial charge in [0.2, 0.25) is 5.95 Å². The summed E-state index contributed by atoms with van der Waals surface area (Å²) in [6, 6.07) is 7.08. The summed E-state index contributed by atoms with van der Waals surface area (Å²) in [5.74, 6) is 0.805. The van der Waals surface area contributed by atoms with Gasteiger partial charge in [0, 0.05) is 28.8 Å². The molecule has 0 spiro atoms. The van der Waals surface area contributed by atoms with Crippen molar-refractivity contribution in [2.45, 2.75) is 6.92 Å². The largest absolute Gasteiger partial charge is 0.398 e. The third kappa shape index (κ3) is 2.54. The second-order valence-corrected chi connectivity index (χ2v) is 3.85. The molecular formula is C12H14N6. The minimum absolute atomic E-state index is 0.207. The molecule has 0 fully saturated rings. The zero-order valence-electron chi connectivity index (χ0n) is 9.94. The van der Waals surface area contributed by atoms with E-state index in [1.807, 2.05) is 6.07 Å². The highest BCUT2D eigenvalue weighted by Gasteiger charge is 2.04. The summed E-state index contributed by atoms with van der Waals surface area (Å²) in [7, 11) is 0. The van der Waals surface area contributed by atoms with Crippen molar-refractivity contribution < 1.29 is 0 Å². The zero-order chi connectivity index (χ0) is 13.1. The average molecular weight is 242 g/mol. The van der Waals surface area contributed by atoms with Gasteiger partial charge in [-0.05, 0) is 31.2 Å². The third-order valence-corrected chi connectivity index (χ3v) is 2.40. The SMILES string of the molecule is CC(=N)c1cc(Nc2ccnc(N)n2)ccc1N. The molecular weight excluding hydrogens is 228 g/mol. The first-order valence-electron chi connectivity index (χ1n) is 5.37. The van der Waals surface area contributed by atoms with Crippen molar-refractivity contribution in [1.82, 2.24) is 9.97 Å². The predicted octanol–water partition coefficient (Wildman–Crippen LogP) is 1.77. The minimum atomic E-state index is 0.207. The Balaban J connectivity index is 2.30. The van der Waals surface area contributed by atoms with Gasteiger partial charge in [0.15, 0.2) is 0 Å². The second-order valence-electron chi connectivity index (χ2n) is 3.85. The van der Waals surface area contributed by atoms with E-state index < -0.39 is 0 Å². The van der Waals surface area contributed by atoms with Crippen LogP contribution < -0.4 is 16.8 Å².